The molecule has 4 nitrogen and oxygen atoms in total. The van der Waals surface area contributed by atoms with Crippen LogP contribution in [0, 0.1) is 5.92 Å². The molecular weight excluding hydrogens is 238 g/mol. The Kier molecular flexibility index (Phi) is 7.11. The summed E-state index contributed by atoms with van der Waals surface area (Å²) >= 11 is 0. The fourth-order valence-electron chi connectivity index (χ4n) is 2.15. The molecule has 1 rings (SSSR count). The molecule has 0 aliphatic carbocycles. The molecule has 0 aliphatic heterocycles. The summed E-state index contributed by atoms with van der Waals surface area (Å²) in [6.07, 6.45) is 7.10. The van der Waals surface area contributed by atoms with Gasteiger partial charge in [0.15, 0.2) is 0 Å². The van der Waals surface area contributed by atoms with Crippen LogP contribution < -0.4 is 11.1 Å². The second-order valence-corrected chi connectivity index (χ2v) is 4.97. The zero-order valence-corrected chi connectivity index (χ0v) is 11.9. The Morgan fingerprint density at radius 2 is 2.26 bits per heavy atom. The summed E-state index contributed by atoms with van der Waals surface area (Å²) in [7, 11) is 0. The summed E-state index contributed by atoms with van der Waals surface area (Å²) < 4.78 is 0. The molecule has 1 aromatic heterocycles. The minimum Gasteiger partial charge on any atom is -0.350 e. The molecule has 1 heterocycles. The van der Waals surface area contributed by atoms with Gasteiger partial charge in [-0.25, -0.2) is 0 Å². The van der Waals surface area contributed by atoms with E-state index in [-0.39, 0.29) is 11.9 Å². The molecule has 106 valence electrons. The normalized spacial score (nSPS) is 13.8. The number of carbonyl (C=O) groups is 1. The highest BCUT2D eigenvalue weighted by Gasteiger charge is 2.12. The smallest absolute Gasteiger partial charge is 0.220 e. The maximum absolute atomic E-state index is 11.9. The number of carbonyl (C=O) groups excluding carboxylic acids is 1. The van der Waals surface area contributed by atoms with E-state index < -0.39 is 0 Å². The Hall–Kier alpha value is -1.42. The largest absolute Gasteiger partial charge is 0.350 e. The lowest BCUT2D eigenvalue weighted by atomic mass is 9.96. The number of amides is 1. The second-order valence-electron chi connectivity index (χ2n) is 4.97. The van der Waals surface area contributed by atoms with Gasteiger partial charge in [0, 0.05) is 18.8 Å². The lowest BCUT2D eigenvalue weighted by molar-refractivity contribution is -0.122. The SMILES string of the molecule is CCC(CCN)CCC(=O)NC(C)c1cccnc1. The summed E-state index contributed by atoms with van der Waals surface area (Å²) in [4.78, 5) is 15.9. The van der Waals surface area contributed by atoms with E-state index in [1.165, 1.54) is 0 Å². The van der Waals surface area contributed by atoms with Crippen LogP contribution in [0.2, 0.25) is 0 Å². The lowest BCUT2D eigenvalue weighted by Crippen LogP contribution is -2.27. The molecule has 2 atom stereocenters. The molecule has 0 spiro atoms. The Labute approximate surface area is 115 Å². The predicted molar refractivity (Wildman–Crippen MR) is 77.5 cm³/mol. The number of pyridine rings is 1. The van der Waals surface area contributed by atoms with E-state index in [0.29, 0.717) is 18.9 Å². The van der Waals surface area contributed by atoms with Gasteiger partial charge in [0.1, 0.15) is 0 Å². The minimum absolute atomic E-state index is 0.00999. The van der Waals surface area contributed by atoms with Gasteiger partial charge >= 0.3 is 0 Å². The van der Waals surface area contributed by atoms with Gasteiger partial charge in [0.25, 0.3) is 0 Å². The first kappa shape index (κ1) is 15.6. The summed E-state index contributed by atoms with van der Waals surface area (Å²) in [6.45, 7) is 4.83. The molecule has 0 aromatic carbocycles. The van der Waals surface area contributed by atoms with Crippen molar-refractivity contribution in [1.82, 2.24) is 10.3 Å². The fourth-order valence-corrected chi connectivity index (χ4v) is 2.15. The summed E-state index contributed by atoms with van der Waals surface area (Å²) in [5, 5.41) is 3.01. The van der Waals surface area contributed by atoms with Crippen LogP contribution in [0.25, 0.3) is 0 Å². The highest BCUT2D eigenvalue weighted by Crippen LogP contribution is 2.15. The van der Waals surface area contributed by atoms with Crippen LogP contribution >= 0.6 is 0 Å². The van der Waals surface area contributed by atoms with Gasteiger partial charge in [0.05, 0.1) is 6.04 Å². The van der Waals surface area contributed by atoms with Gasteiger partial charge < -0.3 is 11.1 Å². The van der Waals surface area contributed by atoms with E-state index in [1.807, 2.05) is 19.1 Å². The Balaban J connectivity index is 2.35. The molecule has 1 aromatic rings. The Morgan fingerprint density at radius 3 is 2.84 bits per heavy atom. The zero-order chi connectivity index (χ0) is 14.1. The summed E-state index contributed by atoms with van der Waals surface area (Å²) in [5.74, 6) is 0.663. The highest BCUT2D eigenvalue weighted by atomic mass is 16.1. The summed E-state index contributed by atoms with van der Waals surface area (Å²) in [5.41, 5.74) is 6.59. The molecule has 3 N–H and O–H groups in total. The molecular formula is C15H25N3O. The standard InChI is InChI=1S/C15H25N3O/c1-3-13(8-9-16)6-7-15(19)18-12(2)14-5-4-10-17-11-14/h4-5,10-13H,3,6-9,16H2,1-2H3,(H,18,19). The first-order valence-electron chi connectivity index (χ1n) is 7.06. The van der Waals surface area contributed by atoms with Crippen molar-refractivity contribution >= 4 is 5.91 Å². The van der Waals surface area contributed by atoms with Gasteiger partial charge in [0.2, 0.25) is 5.91 Å². The van der Waals surface area contributed by atoms with Crippen LogP contribution in [-0.4, -0.2) is 17.4 Å². The topological polar surface area (TPSA) is 68.0 Å². The molecule has 19 heavy (non-hydrogen) atoms. The Morgan fingerprint density at radius 1 is 1.47 bits per heavy atom. The van der Waals surface area contributed by atoms with Crippen molar-refractivity contribution in [2.24, 2.45) is 11.7 Å². The number of aromatic nitrogens is 1. The van der Waals surface area contributed by atoms with Crippen LogP contribution in [0.5, 0.6) is 0 Å². The van der Waals surface area contributed by atoms with E-state index in [2.05, 4.69) is 17.2 Å². The third kappa shape index (κ3) is 5.83. The average molecular weight is 263 g/mol. The van der Waals surface area contributed by atoms with Crippen molar-refractivity contribution < 1.29 is 4.79 Å². The quantitative estimate of drug-likeness (QED) is 0.757. The Bertz CT molecular complexity index is 367. The third-order valence-electron chi connectivity index (χ3n) is 3.49. The fraction of sp³-hybridized carbons (Fsp3) is 0.600. The molecule has 0 bridgehead atoms. The van der Waals surface area contributed by atoms with Crippen molar-refractivity contribution in [3.05, 3.63) is 30.1 Å². The van der Waals surface area contributed by atoms with Crippen LogP contribution in [0.1, 0.15) is 51.1 Å². The average Bonchev–Trinajstić information content (AvgIpc) is 2.44. The van der Waals surface area contributed by atoms with Crippen LogP contribution in [0.3, 0.4) is 0 Å². The van der Waals surface area contributed by atoms with Crippen molar-refractivity contribution in [1.29, 1.82) is 0 Å². The number of nitrogens with one attached hydrogen (secondary N) is 1. The van der Waals surface area contributed by atoms with Crippen molar-refractivity contribution in [3.63, 3.8) is 0 Å². The number of nitrogens with zero attached hydrogens (tertiary/aromatic N) is 1. The monoisotopic (exact) mass is 263 g/mol. The summed E-state index contributed by atoms with van der Waals surface area (Å²) in [6, 6.07) is 3.86. The van der Waals surface area contributed by atoms with E-state index >= 15 is 0 Å². The maximum atomic E-state index is 11.9. The third-order valence-corrected chi connectivity index (χ3v) is 3.49. The molecule has 0 aliphatic rings. The van der Waals surface area contributed by atoms with E-state index in [0.717, 1.165) is 24.8 Å². The number of nitrogens with two attached hydrogens (primary N) is 1. The molecule has 1 amide bonds. The maximum Gasteiger partial charge on any atom is 0.220 e. The number of rotatable bonds is 8. The molecule has 4 heteroatoms. The van der Waals surface area contributed by atoms with Gasteiger partial charge in [-0.2, -0.15) is 0 Å². The van der Waals surface area contributed by atoms with E-state index in [9.17, 15) is 4.79 Å². The second kappa shape index (κ2) is 8.64. The van der Waals surface area contributed by atoms with Gasteiger partial charge in [-0.3, -0.25) is 9.78 Å². The van der Waals surface area contributed by atoms with E-state index in [4.69, 9.17) is 5.73 Å². The van der Waals surface area contributed by atoms with Gasteiger partial charge in [-0.15, -0.1) is 0 Å². The molecule has 2 unspecified atom stereocenters. The zero-order valence-electron chi connectivity index (χ0n) is 11.9. The first-order chi connectivity index (χ1) is 9.17. The van der Waals surface area contributed by atoms with Crippen molar-refractivity contribution in [2.75, 3.05) is 6.54 Å². The van der Waals surface area contributed by atoms with Crippen LogP contribution in [0.15, 0.2) is 24.5 Å². The number of hydrogen-bond donors (Lipinski definition) is 2. The predicted octanol–water partition coefficient (Wildman–Crippen LogP) is 2.41. The van der Waals surface area contributed by atoms with Gasteiger partial charge in [-0.05, 0) is 43.9 Å². The minimum atomic E-state index is 0.00999. The van der Waals surface area contributed by atoms with Gasteiger partial charge in [-0.1, -0.05) is 19.4 Å². The number of hydrogen-bond acceptors (Lipinski definition) is 3. The first-order valence-corrected chi connectivity index (χ1v) is 7.06. The molecule has 0 radical (unpaired) electrons. The van der Waals surface area contributed by atoms with Crippen LogP contribution in [-0.2, 0) is 4.79 Å². The lowest BCUT2D eigenvalue weighted by Gasteiger charge is -2.16. The van der Waals surface area contributed by atoms with E-state index in [1.54, 1.807) is 12.4 Å². The molecule has 0 fully saturated rings. The molecule has 0 saturated heterocycles. The molecule has 0 saturated carbocycles. The van der Waals surface area contributed by atoms with Crippen molar-refractivity contribution in [3.8, 4) is 0 Å². The van der Waals surface area contributed by atoms with Crippen LogP contribution in [0.4, 0.5) is 0 Å². The highest BCUT2D eigenvalue weighted by molar-refractivity contribution is 5.76. The van der Waals surface area contributed by atoms with Crippen molar-refractivity contribution in [2.45, 2.75) is 45.6 Å².